The third-order valence-electron chi connectivity index (χ3n) is 5.42. The van der Waals surface area contributed by atoms with Gasteiger partial charge in [0.1, 0.15) is 10.4 Å². The Morgan fingerprint density at radius 3 is 2.54 bits per heavy atom. The van der Waals surface area contributed by atoms with Gasteiger partial charge in [-0.25, -0.2) is 4.79 Å². The lowest BCUT2D eigenvalue weighted by atomic mass is 10.1. The second-order valence-electron chi connectivity index (χ2n) is 8.35. The maximum absolute atomic E-state index is 12.9. The summed E-state index contributed by atoms with van der Waals surface area (Å²) < 4.78 is 12.0. The number of nitrogens with zero attached hydrogens (tertiary/aromatic N) is 1. The van der Waals surface area contributed by atoms with E-state index in [9.17, 15) is 19.5 Å². The van der Waals surface area contributed by atoms with Crippen LogP contribution in [0.2, 0.25) is 0 Å². The number of ether oxygens (including phenoxy) is 2. The number of hydrogen-bond donors (Lipinski definition) is 2. The van der Waals surface area contributed by atoms with Crippen molar-refractivity contribution in [2.75, 3.05) is 6.61 Å². The summed E-state index contributed by atoms with van der Waals surface area (Å²) in [6.07, 6.45) is 8.10. The van der Waals surface area contributed by atoms with Crippen molar-refractivity contribution in [3.63, 3.8) is 0 Å². The largest absolute Gasteiger partial charge is 0.490 e. The molecule has 2 rings (SSSR count). The van der Waals surface area contributed by atoms with Gasteiger partial charge in [0.25, 0.3) is 5.91 Å². The van der Waals surface area contributed by atoms with Crippen LogP contribution in [0.1, 0.15) is 71.3 Å². The quantitative estimate of drug-likeness (QED) is 0.193. The highest BCUT2D eigenvalue weighted by atomic mass is 32.2. The molecule has 1 aliphatic rings. The van der Waals surface area contributed by atoms with Gasteiger partial charge >= 0.3 is 5.97 Å². The average Bonchev–Trinajstić information content (AvgIpc) is 3.06. The van der Waals surface area contributed by atoms with Gasteiger partial charge in [0.15, 0.2) is 11.5 Å². The molecule has 0 unspecified atom stereocenters. The molecule has 35 heavy (non-hydrogen) atoms. The van der Waals surface area contributed by atoms with Crippen molar-refractivity contribution in [2.24, 2.45) is 5.73 Å². The molecule has 0 aromatic heterocycles. The van der Waals surface area contributed by atoms with Crippen LogP contribution in [0.15, 0.2) is 23.1 Å². The van der Waals surface area contributed by atoms with Crippen molar-refractivity contribution < 1.29 is 29.0 Å². The average molecular weight is 523 g/mol. The molecule has 1 aromatic carbocycles. The molecule has 1 saturated heterocycles. The first-order valence-electron chi connectivity index (χ1n) is 11.9. The zero-order valence-corrected chi connectivity index (χ0v) is 22.1. The Bertz CT molecular complexity index is 965. The van der Waals surface area contributed by atoms with E-state index in [0.29, 0.717) is 23.7 Å². The van der Waals surface area contributed by atoms with Gasteiger partial charge in [0.2, 0.25) is 5.91 Å². The van der Waals surface area contributed by atoms with Crippen LogP contribution in [-0.4, -0.2) is 50.9 Å². The Kier molecular flexibility index (Phi) is 11.5. The lowest BCUT2D eigenvalue weighted by Crippen LogP contribution is -2.46. The summed E-state index contributed by atoms with van der Waals surface area (Å²) in [5.41, 5.74) is 5.83. The van der Waals surface area contributed by atoms with Gasteiger partial charge in [-0.3, -0.25) is 14.5 Å². The van der Waals surface area contributed by atoms with Crippen molar-refractivity contribution in [2.45, 2.75) is 77.9 Å². The first-order valence-corrected chi connectivity index (χ1v) is 13.1. The summed E-state index contributed by atoms with van der Waals surface area (Å²) in [6.45, 7) is 6.56. The van der Waals surface area contributed by atoms with E-state index < -0.39 is 30.2 Å². The van der Waals surface area contributed by atoms with Crippen LogP contribution in [0.3, 0.4) is 0 Å². The number of amides is 2. The number of carboxylic acids is 1. The van der Waals surface area contributed by atoms with Gasteiger partial charge in [-0.2, -0.15) is 0 Å². The van der Waals surface area contributed by atoms with E-state index in [0.717, 1.165) is 29.5 Å². The highest BCUT2D eigenvalue weighted by molar-refractivity contribution is 8.26. The minimum Gasteiger partial charge on any atom is -0.490 e. The fourth-order valence-electron chi connectivity index (χ4n) is 3.67. The molecule has 2 amide bonds. The first kappa shape index (κ1) is 28.6. The highest BCUT2D eigenvalue weighted by Gasteiger charge is 2.41. The summed E-state index contributed by atoms with van der Waals surface area (Å²) in [6, 6.07) is 3.94. The molecular formula is C25H34N2O6S2. The fourth-order valence-corrected chi connectivity index (χ4v) is 5.03. The van der Waals surface area contributed by atoms with Crippen LogP contribution in [0, 0.1) is 0 Å². The molecule has 0 aliphatic carbocycles. The Morgan fingerprint density at radius 2 is 1.91 bits per heavy atom. The third kappa shape index (κ3) is 8.54. The zero-order valence-electron chi connectivity index (χ0n) is 20.5. The second kappa shape index (κ2) is 14.1. The van der Waals surface area contributed by atoms with Crippen molar-refractivity contribution in [3.05, 3.63) is 28.7 Å². The van der Waals surface area contributed by atoms with Crippen LogP contribution >= 0.6 is 24.0 Å². The molecule has 1 aromatic rings. The van der Waals surface area contributed by atoms with Gasteiger partial charge in [0.05, 0.1) is 24.0 Å². The summed E-state index contributed by atoms with van der Waals surface area (Å²) in [7, 11) is 0. The third-order valence-corrected chi connectivity index (χ3v) is 6.75. The lowest BCUT2D eigenvalue weighted by molar-refractivity contribution is -0.146. The molecule has 3 N–H and O–H groups in total. The summed E-state index contributed by atoms with van der Waals surface area (Å²) in [5.74, 6) is -1.57. The Balaban J connectivity index is 2.16. The number of hydrogen-bond acceptors (Lipinski definition) is 7. The first-order chi connectivity index (χ1) is 16.7. The smallest absolute Gasteiger partial charge is 0.327 e. The van der Waals surface area contributed by atoms with Gasteiger partial charge in [-0.05, 0) is 50.5 Å². The number of rotatable bonds is 15. The maximum atomic E-state index is 12.9. The number of thioether (sulfide) groups is 1. The molecule has 1 heterocycles. The SMILES string of the molecule is CCCCCCC[C@H](C)Oc1ccc(/C=C2/SC(=S)N([C@H](CC(N)=O)C(=O)O)C2=O)cc1OCC. The zero-order chi connectivity index (χ0) is 26.0. The number of carboxylic acid groups (broad SMARTS) is 1. The van der Waals surface area contributed by atoms with E-state index in [1.54, 1.807) is 24.3 Å². The molecule has 8 nitrogen and oxygen atoms in total. The van der Waals surface area contributed by atoms with Crippen LogP contribution in [0.5, 0.6) is 11.5 Å². The minimum atomic E-state index is -1.44. The summed E-state index contributed by atoms with van der Waals surface area (Å²) in [4.78, 5) is 37.0. The number of primary amides is 1. The van der Waals surface area contributed by atoms with Gasteiger partial charge < -0.3 is 20.3 Å². The number of benzene rings is 1. The van der Waals surface area contributed by atoms with Crippen molar-refractivity contribution in [1.82, 2.24) is 4.90 Å². The van der Waals surface area contributed by atoms with E-state index in [1.165, 1.54) is 25.7 Å². The molecule has 10 heteroatoms. The molecule has 0 radical (unpaired) electrons. The molecule has 192 valence electrons. The molecule has 0 bridgehead atoms. The van der Waals surface area contributed by atoms with Gasteiger partial charge in [-0.1, -0.05) is 62.7 Å². The number of nitrogens with two attached hydrogens (primary N) is 1. The topological polar surface area (TPSA) is 119 Å². The maximum Gasteiger partial charge on any atom is 0.327 e. The number of aliphatic carboxylic acids is 1. The van der Waals surface area contributed by atoms with Crippen LogP contribution in [0.4, 0.5) is 0 Å². The van der Waals surface area contributed by atoms with Crippen molar-refractivity contribution >= 4 is 52.2 Å². The van der Waals surface area contributed by atoms with E-state index in [2.05, 4.69) is 6.92 Å². The van der Waals surface area contributed by atoms with E-state index in [4.69, 9.17) is 27.4 Å². The molecular weight excluding hydrogens is 488 g/mol. The predicted molar refractivity (Wildman–Crippen MR) is 141 cm³/mol. The molecule has 2 atom stereocenters. The van der Waals surface area contributed by atoms with Crippen LogP contribution < -0.4 is 15.2 Å². The Hall–Kier alpha value is -2.59. The summed E-state index contributed by atoms with van der Waals surface area (Å²) in [5, 5.41) is 9.46. The highest BCUT2D eigenvalue weighted by Crippen LogP contribution is 2.36. The van der Waals surface area contributed by atoms with Crippen LogP contribution in [-0.2, 0) is 14.4 Å². The van der Waals surface area contributed by atoms with Crippen LogP contribution in [0.25, 0.3) is 6.08 Å². The number of carbonyl (C=O) groups excluding carboxylic acids is 2. The molecule has 0 saturated carbocycles. The summed E-state index contributed by atoms with van der Waals surface area (Å²) >= 11 is 6.20. The van der Waals surface area contributed by atoms with Gasteiger partial charge in [-0.15, -0.1) is 0 Å². The molecule has 1 aliphatic heterocycles. The van der Waals surface area contributed by atoms with E-state index in [1.807, 2.05) is 13.8 Å². The minimum absolute atomic E-state index is 0.0381. The number of thiocarbonyl (C=S) groups is 1. The number of carbonyl (C=O) groups is 3. The monoisotopic (exact) mass is 522 g/mol. The molecule has 1 fully saturated rings. The van der Waals surface area contributed by atoms with E-state index >= 15 is 0 Å². The predicted octanol–water partition coefficient (Wildman–Crippen LogP) is 4.74. The molecule has 0 spiro atoms. The number of unbranched alkanes of at least 4 members (excludes halogenated alkanes) is 4. The van der Waals surface area contributed by atoms with Gasteiger partial charge in [0, 0.05) is 0 Å². The Labute approximate surface area is 216 Å². The van der Waals surface area contributed by atoms with Crippen molar-refractivity contribution in [3.8, 4) is 11.5 Å². The second-order valence-corrected chi connectivity index (χ2v) is 10.0. The van der Waals surface area contributed by atoms with Crippen molar-refractivity contribution in [1.29, 1.82) is 0 Å². The normalized spacial score (nSPS) is 16.4. The fraction of sp³-hybridized carbons (Fsp3) is 0.520. The van der Waals surface area contributed by atoms with E-state index in [-0.39, 0.29) is 15.3 Å². The standard InChI is InChI=1S/C25H34N2O6S2/c1-4-6-7-8-9-10-16(3)33-19-12-11-17(13-20(19)32-5-2)14-21-23(29)27(25(34)35-21)18(24(30)31)15-22(26)28/h11-14,16,18H,4-10,15H2,1-3H3,(H2,26,28)(H,30,31)/b21-14+/t16-,18+/m0/s1. The lowest BCUT2D eigenvalue weighted by Gasteiger charge is -2.21. The Morgan fingerprint density at radius 1 is 1.20 bits per heavy atom.